The van der Waals surface area contributed by atoms with E-state index < -0.39 is 11.6 Å². The number of nitrogens with zero attached hydrogens (tertiary/aromatic N) is 1. The Labute approximate surface area is 106 Å². The molecule has 0 saturated heterocycles. The standard InChI is InChI=1S/C12H18N2O4/c1-12(16,11(15)18-3)8-13-7-9-4-5-14-10(6-9)17-2/h4-6,13,16H,7-8H2,1-3H3. The van der Waals surface area contributed by atoms with Gasteiger partial charge in [-0.1, -0.05) is 0 Å². The molecule has 0 amide bonds. The van der Waals surface area contributed by atoms with Gasteiger partial charge in [0.05, 0.1) is 14.2 Å². The van der Waals surface area contributed by atoms with Gasteiger partial charge in [0.25, 0.3) is 0 Å². The van der Waals surface area contributed by atoms with Crippen LogP contribution in [0.25, 0.3) is 0 Å². The van der Waals surface area contributed by atoms with Crippen molar-refractivity contribution in [2.24, 2.45) is 0 Å². The van der Waals surface area contributed by atoms with E-state index in [9.17, 15) is 9.90 Å². The number of carbonyl (C=O) groups is 1. The van der Waals surface area contributed by atoms with Gasteiger partial charge in [-0.05, 0) is 18.6 Å². The van der Waals surface area contributed by atoms with Gasteiger partial charge in [0.2, 0.25) is 5.88 Å². The molecule has 6 heteroatoms. The number of aromatic nitrogens is 1. The minimum atomic E-state index is -1.54. The fourth-order valence-corrected chi connectivity index (χ4v) is 1.41. The fourth-order valence-electron chi connectivity index (χ4n) is 1.41. The van der Waals surface area contributed by atoms with Crippen molar-refractivity contribution in [1.29, 1.82) is 0 Å². The van der Waals surface area contributed by atoms with Crippen LogP contribution in [0.1, 0.15) is 12.5 Å². The summed E-state index contributed by atoms with van der Waals surface area (Å²) in [5.74, 6) is -0.142. The summed E-state index contributed by atoms with van der Waals surface area (Å²) in [6.07, 6.45) is 1.63. The summed E-state index contributed by atoms with van der Waals surface area (Å²) in [5, 5.41) is 12.8. The van der Waals surface area contributed by atoms with Crippen LogP contribution in [0.2, 0.25) is 0 Å². The number of ether oxygens (including phenoxy) is 2. The summed E-state index contributed by atoms with van der Waals surface area (Å²) in [4.78, 5) is 15.2. The molecule has 1 aromatic rings. The Kier molecular flexibility index (Phi) is 5.06. The highest BCUT2D eigenvalue weighted by molar-refractivity contribution is 5.78. The summed E-state index contributed by atoms with van der Waals surface area (Å²) < 4.78 is 9.49. The van der Waals surface area contributed by atoms with Crippen molar-refractivity contribution >= 4 is 5.97 Å². The largest absolute Gasteiger partial charge is 0.481 e. The molecule has 2 N–H and O–H groups in total. The van der Waals surface area contributed by atoms with Crippen LogP contribution in [0.15, 0.2) is 18.3 Å². The second kappa shape index (κ2) is 6.32. The first-order valence-corrected chi connectivity index (χ1v) is 5.50. The highest BCUT2D eigenvalue weighted by Crippen LogP contribution is 2.09. The summed E-state index contributed by atoms with van der Waals surface area (Å²) in [6.45, 7) is 2.00. The quantitative estimate of drug-likeness (QED) is 0.701. The summed E-state index contributed by atoms with van der Waals surface area (Å²) in [7, 11) is 2.78. The molecular formula is C12H18N2O4. The van der Waals surface area contributed by atoms with Gasteiger partial charge in [-0.2, -0.15) is 0 Å². The number of hydrogen-bond donors (Lipinski definition) is 2. The van der Waals surface area contributed by atoms with Crippen molar-refractivity contribution < 1.29 is 19.4 Å². The Bertz CT molecular complexity index is 407. The van der Waals surface area contributed by atoms with Crippen LogP contribution in [-0.4, -0.2) is 42.4 Å². The second-order valence-electron chi connectivity index (χ2n) is 4.08. The van der Waals surface area contributed by atoms with Gasteiger partial charge in [0.1, 0.15) is 0 Å². The zero-order chi connectivity index (χ0) is 13.6. The predicted molar refractivity (Wildman–Crippen MR) is 65.1 cm³/mol. The number of aliphatic hydroxyl groups is 1. The maximum absolute atomic E-state index is 11.2. The van der Waals surface area contributed by atoms with E-state index in [2.05, 4.69) is 15.0 Å². The van der Waals surface area contributed by atoms with E-state index in [4.69, 9.17) is 4.74 Å². The van der Waals surface area contributed by atoms with Crippen molar-refractivity contribution in [3.8, 4) is 5.88 Å². The Hall–Kier alpha value is -1.66. The molecule has 0 fully saturated rings. The first-order valence-electron chi connectivity index (χ1n) is 5.50. The van der Waals surface area contributed by atoms with E-state index in [1.807, 2.05) is 6.07 Å². The topological polar surface area (TPSA) is 80.7 Å². The van der Waals surface area contributed by atoms with E-state index in [1.165, 1.54) is 14.0 Å². The number of carbonyl (C=O) groups excluding carboxylic acids is 1. The van der Waals surface area contributed by atoms with Crippen LogP contribution >= 0.6 is 0 Å². The number of hydrogen-bond acceptors (Lipinski definition) is 6. The van der Waals surface area contributed by atoms with Crippen molar-refractivity contribution in [2.45, 2.75) is 19.1 Å². The van der Waals surface area contributed by atoms with Crippen molar-refractivity contribution in [3.63, 3.8) is 0 Å². The molecule has 1 atom stereocenters. The van der Waals surface area contributed by atoms with E-state index in [0.29, 0.717) is 12.4 Å². The van der Waals surface area contributed by atoms with E-state index in [0.717, 1.165) is 5.56 Å². The molecular weight excluding hydrogens is 236 g/mol. The maximum atomic E-state index is 11.2. The molecule has 0 aromatic carbocycles. The lowest BCUT2D eigenvalue weighted by Gasteiger charge is -2.20. The third kappa shape index (κ3) is 3.97. The molecule has 0 bridgehead atoms. The lowest BCUT2D eigenvalue weighted by molar-refractivity contribution is -0.159. The van der Waals surface area contributed by atoms with Gasteiger partial charge in [0.15, 0.2) is 5.60 Å². The lowest BCUT2D eigenvalue weighted by Crippen LogP contribution is -2.45. The molecule has 100 valence electrons. The third-order valence-corrected chi connectivity index (χ3v) is 2.43. The molecule has 1 aromatic heterocycles. The highest BCUT2D eigenvalue weighted by atomic mass is 16.5. The molecule has 0 aliphatic rings. The number of rotatable bonds is 6. The Morgan fingerprint density at radius 1 is 1.56 bits per heavy atom. The molecule has 1 heterocycles. The molecule has 6 nitrogen and oxygen atoms in total. The van der Waals surface area contributed by atoms with Gasteiger partial charge in [0, 0.05) is 25.4 Å². The van der Waals surface area contributed by atoms with E-state index in [1.54, 1.807) is 19.4 Å². The van der Waals surface area contributed by atoms with E-state index >= 15 is 0 Å². The maximum Gasteiger partial charge on any atom is 0.338 e. The lowest BCUT2D eigenvalue weighted by atomic mass is 10.1. The molecule has 18 heavy (non-hydrogen) atoms. The van der Waals surface area contributed by atoms with Gasteiger partial charge in [-0.25, -0.2) is 9.78 Å². The van der Waals surface area contributed by atoms with Crippen molar-refractivity contribution in [1.82, 2.24) is 10.3 Å². The zero-order valence-corrected chi connectivity index (χ0v) is 10.8. The van der Waals surface area contributed by atoms with Gasteiger partial charge in [-0.15, -0.1) is 0 Å². The fraction of sp³-hybridized carbons (Fsp3) is 0.500. The average Bonchev–Trinajstić information content (AvgIpc) is 2.37. The average molecular weight is 254 g/mol. The third-order valence-electron chi connectivity index (χ3n) is 2.43. The smallest absolute Gasteiger partial charge is 0.338 e. The molecule has 1 unspecified atom stereocenters. The SMILES string of the molecule is COC(=O)C(C)(O)CNCc1ccnc(OC)c1. The highest BCUT2D eigenvalue weighted by Gasteiger charge is 2.30. The minimum absolute atomic E-state index is 0.101. The van der Waals surface area contributed by atoms with E-state index in [-0.39, 0.29) is 6.54 Å². The monoisotopic (exact) mass is 254 g/mol. The van der Waals surface area contributed by atoms with Crippen LogP contribution in [0, 0.1) is 0 Å². The van der Waals surface area contributed by atoms with Crippen LogP contribution in [0.3, 0.4) is 0 Å². The molecule has 0 radical (unpaired) electrons. The molecule has 0 aliphatic carbocycles. The predicted octanol–water partition coefficient (Wildman–Crippen LogP) is 0.104. The number of methoxy groups -OCH3 is 2. The second-order valence-corrected chi connectivity index (χ2v) is 4.08. The van der Waals surface area contributed by atoms with Gasteiger partial charge in [-0.3, -0.25) is 0 Å². The normalized spacial score (nSPS) is 13.8. The summed E-state index contributed by atoms with van der Waals surface area (Å²) in [6, 6.07) is 3.60. The number of esters is 1. The van der Waals surface area contributed by atoms with Crippen molar-refractivity contribution in [3.05, 3.63) is 23.9 Å². The van der Waals surface area contributed by atoms with Crippen LogP contribution in [-0.2, 0) is 16.1 Å². The summed E-state index contributed by atoms with van der Waals surface area (Å²) >= 11 is 0. The van der Waals surface area contributed by atoms with Crippen LogP contribution in [0.5, 0.6) is 5.88 Å². The molecule has 1 rings (SSSR count). The van der Waals surface area contributed by atoms with Gasteiger partial charge < -0.3 is 19.9 Å². The first kappa shape index (κ1) is 14.4. The molecule has 0 saturated carbocycles. The molecule has 0 spiro atoms. The first-order chi connectivity index (χ1) is 8.49. The summed E-state index contributed by atoms with van der Waals surface area (Å²) in [5.41, 5.74) is -0.589. The zero-order valence-electron chi connectivity index (χ0n) is 10.8. The Balaban J connectivity index is 2.48. The minimum Gasteiger partial charge on any atom is -0.481 e. The Morgan fingerprint density at radius 2 is 2.28 bits per heavy atom. The van der Waals surface area contributed by atoms with Crippen LogP contribution < -0.4 is 10.1 Å². The van der Waals surface area contributed by atoms with Crippen molar-refractivity contribution in [2.75, 3.05) is 20.8 Å². The van der Waals surface area contributed by atoms with Gasteiger partial charge >= 0.3 is 5.97 Å². The number of nitrogens with one attached hydrogen (secondary N) is 1. The Morgan fingerprint density at radius 3 is 2.89 bits per heavy atom. The van der Waals surface area contributed by atoms with Crippen LogP contribution in [0.4, 0.5) is 0 Å². The molecule has 0 aliphatic heterocycles. The number of pyridine rings is 1.